The molecule has 0 saturated heterocycles. The minimum Gasteiger partial charge on any atom is -0.454 e. The molecule has 0 radical (unpaired) electrons. The molecule has 2 N–H and O–H groups in total. The van der Waals surface area contributed by atoms with Crippen LogP contribution in [0.2, 0.25) is 5.02 Å². The van der Waals surface area contributed by atoms with Crippen molar-refractivity contribution in [1.29, 1.82) is 0 Å². The number of fused-ring (bicyclic) bond motifs is 3. The van der Waals surface area contributed by atoms with Gasteiger partial charge >= 0.3 is 0 Å². The minimum absolute atomic E-state index is 0.0220. The summed E-state index contributed by atoms with van der Waals surface area (Å²) < 4.78 is 6.17. The largest absolute Gasteiger partial charge is 0.454 e. The fourth-order valence-electron chi connectivity index (χ4n) is 6.98. The first-order chi connectivity index (χ1) is 25.7. The molecule has 0 aromatic heterocycles. The lowest BCUT2D eigenvalue weighted by Gasteiger charge is -2.28. The quantitative estimate of drug-likeness (QED) is 0.135. The van der Waals surface area contributed by atoms with Crippen LogP contribution in [-0.4, -0.2) is 46.0 Å². The van der Waals surface area contributed by atoms with Crippen molar-refractivity contribution in [3.05, 3.63) is 161 Å². The van der Waals surface area contributed by atoms with Crippen molar-refractivity contribution in [1.82, 2.24) is 4.90 Å². The number of carbonyl (C=O) groups excluding carboxylic acids is 3. The highest BCUT2D eigenvalue weighted by Gasteiger charge is 2.52. The summed E-state index contributed by atoms with van der Waals surface area (Å²) in [7, 11) is 0. The number of carbonyl (C=O) groups is 3. The maximum absolute atomic E-state index is 14.3. The van der Waals surface area contributed by atoms with E-state index in [0.717, 1.165) is 11.1 Å². The standard InChI is InChI=1S/C43H38ClN3O6/c1-29(11-9-20-40(49)45(23-24-48)27-30-12-3-2-4-13-30)43(52)35-26-32(44)21-22-36(35)46(42(43)51)28-31-14-10-15-33(25-31)47-37-17-6-8-19-39(37)53-38-18-7-5-16-34(38)41(47)50/h2-19,21-22,25-26,29,48,52H,20,23-24,27-28H2,1H3/b11-9+/t29-,43+/m1/s1. The molecule has 7 rings (SSSR count). The molecule has 53 heavy (non-hydrogen) atoms. The molecule has 10 heteroatoms. The van der Waals surface area contributed by atoms with Crippen molar-refractivity contribution in [3.8, 4) is 11.5 Å². The molecule has 0 saturated carbocycles. The molecule has 2 heterocycles. The lowest BCUT2D eigenvalue weighted by Crippen LogP contribution is -2.44. The molecule has 0 spiro atoms. The number of hydrogen-bond acceptors (Lipinski definition) is 6. The van der Waals surface area contributed by atoms with Gasteiger partial charge in [0.25, 0.3) is 11.8 Å². The fourth-order valence-corrected chi connectivity index (χ4v) is 7.15. The monoisotopic (exact) mass is 727 g/mol. The van der Waals surface area contributed by atoms with Crippen molar-refractivity contribution in [2.45, 2.75) is 32.0 Å². The summed E-state index contributed by atoms with van der Waals surface area (Å²) in [5, 5.41) is 22.2. The maximum atomic E-state index is 14.3. The average molecular weight is 728 g/mol. The van der Waals surface area contributed by atoms with Crippen LogP contribution in [0.15, 0.2) is 133 Å². The summed E-state index contributed by atoms with van der Waals surface area (Å²) in [6, 6.07) is 36.3. The fraction of sp³-hybridized carbons (Fsp3) is 0.186. The van der Waals surface area contributed by atoms with Crippen LogP contribution in [0.25, 0.3) is 0 Å². The first-order valence-electron chi connectivity index (χ1n) is 17.4. The van der Waals surface area contributed by atoms with Crippen LogP contribution in [0.1, 0.15) is 40.4 Å². The number of aliphatic hydroxyl groups excluding tert-OH is 1. The lowest BCUT2D eigenvalue weighted by atomic mass is 9.83. The highest BCUT2D eigenvalue weighted by atomic mass is 35.5. The van der Waals surface area contributed by atoms with E-state index in [1.54, 1.807) is 65.3 Å². The van der Waals surface area contributed by atoms with Gasteiger partial charge in [0.15, 0.2) is 11.4 Å². The number of ether oxygens (including phenoxy) is 1. The number of hydrogen-bond donors (Lipinski definition) is 2. The lowest BCUT2D eigenvalue weighted by molar-refractivity contribution is -0.139. The van der Waals surface area contributed by atoms with Gasteiger partial charge in [-0.25, -0.2) is 0 Å². The molecule has 5 aromatic rings. The van der Waals surface area contributed by atoms with Gasteiger partial charge in [0.05, 0.1) is 30.1 Å². The molecule has 0 unspecified atom stereocenters. The third kappa shape index (κ3) is 6.94. The Morgan fingerprint density at radius 2 is 1.58 bits per heavy atom. The first-order valence-corrected chi connectivity index (χ1v) is 17.8. The Hall–Kier alpha value is -5.74. The molecule has 2 atom stereocenters. The van der Waals surface area contributed by atoms with Gasteiger partial charge in [-0.05, 0) is 65.7 Å². The first kappa shape index (κ1) is 35.7. The highest BCUT2D eigenvalue weighted by molar-refractivity contribution is 6.31. The summed E-state index contributed by atoms with van der Waals surface area (Å²) in [6.45, 7) is 2.19. The van der Waals surface area contributed by atoms with Crippen LogP contribution in [0.4, 0.5) is 17.1 Å². The molecule has 5 aromatic carbocycles. The molecular weight excluding hydrogens is 690 g/mol. The number of nitrogens with zero attached hydrogens (tertiary/aromatic N) is 3. The van der Waals surface area contributed by atoms with Gasteiger partial charge in [-0.1, -0.05) is 97.4 Å². The minimum atomic E-state index is -1.97. The van der Waals surface area contributed by atoms with E-state index >= 15 is 0 Å². The molecule has 2 aliphatic heterocycles. The summed E-state index contributed by atoms with van der Waals surface area (Å²) in [5.41, 5.74) is 2.16. The zero-order chi connectivity index (χ0) is 37.1. The smallest absolute Gasteiger partial charge is 0.266 e. The third-order valence-corrected chi connectivity index (χ3v) is 9.94. The van der Waals surface area contributed by atoms with Gasteiger partial charge in [-0.3, -0.25) is 19.3 Å². The number of halogens is 1. The molecular formula is C43H38ClN3O6. The van der Waals surface area contributed by atoms with E-state index < -0.39 is 17.4 Å². The van der Waals surface area contributed by atoms with Gasteiger partial charge in [0, 0.05) is 41.7 Å². The number of rotatable bonds is 11. The predicted molar refractivity (Wildman–Crippen MR) is 204 cm³/mol. The van der Waals surface area contributed by atoms with E-state index in [1.165, 1.54) is 4.90 Å². The summed E-state index contributed by atoms with van der Waals surface area (Å²) in [6.07, 6.45) is 3.35. The van der Waals surface area contributed by atoms with Gasteiger partial charge in [0.2, 0.25) is 5.91 Å². The van der Waals surface area contributed by atoms with Crippen molar-refractivity contribution < 1.29 is 29.3 Å². The predicted octanol–water partition coefficient (Wildman–Crippen LogP) is 7.76. The molecule has 268 valence electrons. The van der Waals surface area contributed by atoms with Crippen LogP contribution >= 0.6 is 11.6 Å². The second kappa shape index (κ2) is 15.1. The molecule has 0 aliphatic carbocycles. The number of anilines is 3. The van der Waals surface area contributed by atoms with Crippen molar-refractivity contribution in [2.75, 3.05) is 23.0 Å². The highest BCUT2D eigenvalue weighted by Crippen LogP contribution is 2.47. The van der Waals surface area contributed by atoms with Gasteiger partial charge in [0.1, 0.15) is 5.75 Å². The van der Waals surface area contributed by atoms with Crippen molar-refractivity contribution >= 4 is 46.4 Å². The molecule has 0 bridgehead atoms. The van der Waals surface area contributed by atoms with Crippen LogP contribution in [-0.2, 0) is 28.3 Å². The van der Waals surface area contributed by atoms with Crippen LogP contribution in [0, 0.1) is 5.92 Å². The second-order valence-electron chi connectivity index (χ2n) is 13.1. The normalized spacial score (nSPS) is 16.8. The van der Waals surface area contributed by atoms with Crippen LogP contribution in [0.5, 0.6) is 11.5 Å². The van der Waals surface area contributed by atoms with E-state index in [2.05, 4.69) is 0 Å². The number of para-hydroxylation sites is 3. The Balaban J connectivity index is 1.14. The topological polar surface area (TPSA) is 111 Å². The summed E-state index contributed by atoms with van der Waals surface area (Å²) >= 11 is 6.42. The summed E-state index contributed by atoms with van der Waals surface area (Å²) in [4.78, 5) is 46.3. The van der Waals surface area contributed by atoms with Crippen LogP contribution in [0.3, 0.4) is 0 Å². The van der Waals surface area contributed by atoms with Gasteiger partial charge < -0.3 is 24.7 Å². The van der Waals surface area contributed by atoms with E-state index in [0.29, 0.717) is 51.3 Å². The van der Waals surface area contributed by atoms with Crippen LogP contribution < -0.4 is 14.5 Å². The Bertz CT molecular complexity index is 2210. The van der Waals surface area contributed by atoms with E-state index in [4.69, 9.17) is 16.3 Å². The molecule has 9 nitrogen and oxygen atoms in total. The molecule has 2 aliphatic rings. The van der Waals surface area contributed by atoms with Gasteiger partial charge in [-0.2, -0.15) is 0 Å². The third-order valence-electron chi connectivity index (χ3n) is 9.70. The van der Waals surface area contributed by atoms with Gasteiger partial charge in [-0.15, -0.1) is 0 Å². The van der Waals surface area contributed by atoms with E-state index in [-0.39, 0.29) is 37.9 Å². The average Bonchev–Trinajstić information content (AvgIpc) is 3.28. The maximum Gasteiger partial charge on any atom is 0.266 e. The number of benzene rings is 5. The van der Waals surface area contributed by atoms with E-state index in [1.807, 2.05) is 84.9 Å². The second-order valence-corrected chi connectivity index (χ2v) is 13.6. The Labute approximate surface area is 312 Å². The van der Waals surface area contributed by atoms with Crippen molar-refractivity contribution in [3.63, 3.8) is 0 Å². The van der Waals surface area contributed by atoms with Crippen molar-refractivity contribution in [2.24, 2.45) is 5.92 Å². The SMILES string of the molecule is C[C@H](/C=C/CC(=O)N(CCO)Cc1ccccc1)[C@@]1(O)C(=O)N(Cc2cccc(N3C(=O)c4ccccc4Oc4ccccc43)c2)c2ccc(Cl)cc21. The molecule has 3 amide bonds. The molecule has 0 fully saturated rings. The number of aliphatic hydroxyl groups is 2. The Kier molecular flexibility index (Phi) is 10.1. The van der Waals surface area contributed by atoms with E-state index in [9.17, 15) is 24.6 Å². The zero-order valence-corrected chi connectivity index (χ0v) is 29.8. The summed E-state index contributed by atoms with van der Waals surface area (Å²) in [5.74, 6) is -0.725. The Morgan fingerprint density at radius 3 is 2.38 bits per heavy atom. The Morgan fingerprint density at radius 1 is 0.868 bits per heavy atom. The number of amides is 3. The zero-order valence-electron chi connectivity index (χ0n) is 29.1.